The Labute approximate surface area is 352 Å². The van der Waals surface area contributed by atoms with Gasteiger partial charge < -0.3 is 13.6 Å². The molecule has 9 aromatic carbocycles. The molecule has 12 aromatic rings. The van der Waals surface area contributed by atoms with Gasteiger partial charge in [0.15, 0.2) is 0 Å². The van der Waals surface area contributed by atoms with Crippen molar-refractivity contribution < 1.29 is 9.90 Å². The van der Waals surface area contributed by atoms with E-state index in [0.29, 0.717) is 5.56 Å². The van der Waals surface area contributed by atoms with Crippen LogP contribution in [0.15, 0.2) is 198 Å². The summed E-state index contributed by atoms with van der Waals surface area (Å²) in [5, 5.41) is 6.91. The van der Waals surface area contributed by atoms with Gasteiger partial charge in [0.2, 0.25) is 0 Å². The summed E-state index contributed by atoms with van der Waals surface area (Å²) in [6, 6.07) is 59.4. The average Bonchev–Trinajstić information content (AvgIpc) is 4.03. The fourth-order valence-corrected chi connectivity index (χ4v) is 10.3. The quantitative estimate of drug-likeness (QED) is 0.175. The summed E-state index contributed by atoms with van der Waals surface area (Å²) in [6.45, 7) is 4.46. The van der Waals surface area contributed by atoms with Gasteiger partial charge in [-0.25, -0.2) is 0 Å². The van der Waals surface area contributed by atoms with Gasteiger partial charge in [0.1, 0.15) is 11.2 Å². The van der Waals surface area contributed by atoms with E-state index in [0.717, 1.165) is 99.5 Å². The Kier molecular flexibility index (Phi) is 6.01. The molecule has 3 heterocycles. The van der Waals surface area contributed by atoms with Gasteiger partial charge in [-0.3, -0.25) is 0 Å². The molecule has 282 valence electrons. The van der Waals surface area contributed by atoms with Gasteiger partial charge in [-0.05, 0) is 111 Å². The molecule has 1 aliphatic carbocycles. The minimum Gasteiger partial charge on any atom is -0.456 e. The van der Waals surface area contributed by atoms with Gasteiger partial charge >= 0.3 is 0 Å². The zero-order valence-electron chi connectivity index (χ0n) is 37.0. The van der Waals surface area contributed by atoms with Crippen LogP contribution in [0.3, 0.4) is 0 Å². The Hall–Kier alpha value is -7.62. The first kappa shape index (κ1) is 29.6. The molecule has 3 nitrogen and oxygen atoms in total. The minimum absolute atomic E-state index is 0.0861. The molecule has 0 spiro atoms. The molecule has 3 aromatic heterocycles. The highest BCUT2D eigenvalue weighted by Gasteiger charge is 2.37. The van der Waals surface area contributed by atoms with Crippen molar-refractivity contribution in [1.82, 2.24) is 9.13 Å². The minimum atomic E-state index is -0.327. The Morgan fingerprint density at radius 1 is 0.450 bits per heavy atom. The van der Waals surface area contributed by atoms with Crippen LogP contribution >= 0.6 is 0 Å². The molecule has 0 bridgehead atoms. The molecule has 13 rings (SSSR count). The van der Waals surface area contributed by atoms with Crippen molar-refractivity contribution in [2.45, 2.75) is 19.3 Å². The van der Waals surface area contributed by atoms with Gasteiger partial charge in [-0.15, -0.1) is 0 Å². The van der Waals surface area contributed by atoms with Crippen LogP contribution in [0.1, 0.15) is 30.5 Å². The van der Waals surface area contributed by atoms with Gasteiger partial charge in [0.05, 0.1) is 38.6 Å². The van der Waals surface area contributed by atoms with E-state index < -0.39 is 0 Å². The zero-order chi connectivity index (χ0) is 43.2. The van der Waals surface area contributed by atoms with Crippen molar-refractivity contribution in [3.05, 3.63) is 205 Å². The van der Waals surface area contributed by atoms with Crippen molar-refractivity contribution in [1.29, 1.82) is 0 Å². The number of fused-ring (bicyclic) bond motifs is 12. The highest BCUT2D eigenvalue weighted by Crippen LogP contribution is 2.53. The molecule has 0 unspecified atom stereocenters. The van der Waals surface area contributed by atoms with Crippen molar-refractivity contribution in [2.75, 3.05) is 0 Å². The number of nitrogens with zero attached hydrogens (tertiary/aromatic N) is 2. The van der Waals surface area contributed by atoms with Gasteiger partial charge in [-0.2, -0.15) is 0 Å². The zero-order valence-corrected chi connectivity index (χ0v) is 33.0. The Bertz CT molecular complexity index is 4000. The third-order valence-corrected chi connectivity index (χ3v) is 13.1. The summed E-state index contributed by atoms with van der Waals surface area (Å²) in [5.74, 6) is 0. The average molecular weight is 771 g/mol. The smallest absolute Gasteiger partial charge is 0.137 e. The van der Waals surface area contributed by atoms with E-state index in [1.54, 1.807) is 0 Å². The van der Waals surface area contributed by atoms with Crippen LogP contribution in [0.4, 0.5) is 0 Å². The van der Waals surface area contributed by atoms with E-state index in [-0.39, 0.29) is 29.6 Å². The standard InChI is InChI=1S/C57H38N2O/c1-57(2)46-29-28-38(34-45(46)55-39(19-12-20-47(55)57)35-14-4-3-5-15-35)58-48-21-9-6-16-40(48)43-32-36(26-30-50(43)58)37-27-31-51-44(33-37)41-17-7-10-22-49(41)59(51)52-23-13-25-54-56(52)42-18-8-11-24-53(42)60-54/h3-34H,1-2H3/i3D,4D,14D,15D. The van der Waals surface area contributed by atoms with Crippen molar-refractivity contribution in [3.63, 3.8) is 0 Å². The molecule has 0 amide bonds. The molecule has 3 heteroatoms. The van der Waals surface area contributed by atoms with E-state index in [2.05, 4.69) is 163 Å². The topological polar surface area (TPSA) is 23.0 Å². The van der Waals surface area contributed by atoms with Gasteiger partial charge in [-0.1, -0.05) is 141 Å². The maximum Gasteiger partial charge on any atom is 0.137 e. The maximum atomic E-state index is 8.90. The number of para-hydroxylation sites is 3. The monoisotopic (exact) mass is 770 g/mol. The molecule has 0 atom stereocenters. The highest BCUT2D eigenvalue weighted by atomic mass is 16.3. The second kappa shape index (κ2) is 12.2. The number of furan rings is 1. The first-order chi connectivity index (χ1) is 31.2. The van der Waals surface area contributed by atoms with Gasteiger partial charge in [0, 0.05) is 38.0 Å². The number of rotatable bonds is 4. The summed E-state index contributed by atoms with van der Waals surface area (Å²) >= 11 is 0. The van der Waals surface area contributed by atoms with Crippen LogP contribution in [0, 0.1) is 0 Å². The fourth-order valence-electron chi connectivity index (χ4n) is 10.3. The number of benzene rings is 9. The van der Waals surface area contributed by atoms with E-state index in [1.807, 2.05) is 24.3 Å². The lowest BCUT2D eigenvalue weighted by Gasteiger charge is -2.22. The van der Waals surface area contributed by atoms with Crippen LogP contribution < -0.4 is 0 Å². The lowest BCUT2D eigenvalue weighted by atomic mass is 9.82. The van der Waals surface area contributed by atoms with Crippen molar-refractivity contribution >= 4 is 65.6 Å². The van der Waals surface area contributed by atoms with Crippen LogP contribution in [-0.4, -0.2) is 9.13 Å². The third-order valence-electron chi connectivity index (χ3n) is 13.1. The summed E-state index contributed by atoms with van der Waals surface area (Å²) in [5.41, 5.74) is 15.8. The molecule has 0 N–H and O–H groups in total. The molecule has 0 saturated carbocycles. The van der Waals surface area contributed by atoms with Crippen molar-refractivity contribution in [3.8, 4) is 44.8 Å². The molecule has 1 aliphatic rings. The molecule has 60 heavy (non-hydrogen) atoms. The SMILES string of the molecule is [2H]c1cc([2H])c(-c2cccc3c2-c2cc(-n4c5ccccc5c5cc(-c6ccc7c(c6)c6ccccc6n7-c6cccc7oc8ccccc8c67)ccc54)ccc2C3(C)C)c([2H])c1[2H]. The third kappa shape index (κ3) is 4.55. The van der Waals surface area contributed by atoms with E-state index in [1.165, 1.54) is 22.4 Å². The van der Waals surface area contributed by atoms with E-state index >= 15 is 0 Å². The Morgan fingerprint density at radius 2 is 1.10 bits per heavy atom. The summed E-state index contributed by atoms with van der Waals surface area (Å²) < 4.78 is 45.5. The summed E-state index contributed by atoms with van der Waals surface area (Å²) in [6.07, 6.45) is 0. The second-order valence-corrected chi connectivity index (χ2v) is 16.6. The van der Waals surface area contributed by atoms with Crippen LogP contribution in [0.25, 0.3) is 110 Å². The summed E-state index contributed by atoms with van der Waals surface area (Å²) in [4.78, 5) is 0. The number of hydrogen-bond acceptors (Lipinski definition) is 1. The number of hydrogen-bond donors (Lipinski definition) is 0. The maximum absolute atomic E-state index is 8.90. The largest absolute Gasteiger partial charge is 0.456 e. The van der Waals surface area contributed by atoms with Crippen LogP contribution in [0.2, 0.25) is 0 Å². The predicted molar refractivity (Wildman–Crippen MR) is 251 cm³/mol. The van der Waals surface area contributed by atoms with Crippen LogP contribution in [0.5, 0.6) is 0 Å². The Balaban J connectivity index is 0.977. The highest BCUT2D eigenvalue weighted by molar-refractivity contribution is 6.16. The molecular formula is C57H38N2O. The normalized spacial score (nSPS) is 14.2. The Morgan fingerprint density at radius 3 is 1.88 bits per heavy atom. The van der Waals surface area contributed by atoms with E-state index in [9.17, 15) is 0 Å². The molecule has 0 fully saturated rings. The predicted octanol–water partition coefficient (Wildman–Crippen LogP) is 15.4. The lowest BCUT2D eigenvalue weighted by molar-refractivity contribution is 0.660. The number of aromatic nitrogens is 2. The fraction of sp³-hybridized carbons (Fsp3) is 0.0526. The van der Waals surface area contributed by atoms with E-state index in [4.69, 9.17) is 9.90 Å². The summed E-state index contributed by atoms with van der Waals surface area (Å²) in [7, 11) is 0. The first-order valence-corrected chi connectivity index (χ1v) is 20.5. The molecule has 0 radical (unpaired) electrons. The molecule has 0 aliphatic heterocycles. The first-order valence-electron chi connectivity index (χ1n) is 22.5. The molecular weight excluding hydrogens is 729 g/mol. The van der Waals surface area contributed by atoms with Gasteiger partial charge in [0.25, 0.3) is 0 Å². The van der Waals surface area contributed by atoms with Crippen molar-refractivity contribution in [2.24, 2.45) is 0 Å². The van der Waals surface area contributed by atoms with Crippen LogP contribution in [-0.2, 0) is 5.41 Å². The lowest BCUT2D eigenvalue weighted by Crippen LogP contribution is -2.15. The molecule has 0 saturated heterocycles. The second-order valence-electron chi connectivity index (χ2n) is 16.6.